The van der Waals surface area contributed by atoms with Crippen molar-refractivity contribution in [3.05, 3.63) is 80.1 Å². The Morgan fingerprint density at radius 1 is 1.37 bits per heavy atom. The molecule has 1 amide bonds. The molecule has 30 heavy (non-hydrogen) atoms. The van der Waals surface area contributed by atoms with Crippen LogP contribution in [0, 0.1) is 10.1 Å². The van der Waals surface area contributed by atoms with Crippen molar-refractivity contribution < 1.29 is 19.6 Å². The number of methoxy groups -OCH3 is 1. The van der Waals surface area contributed by atoms with Gasteiger partial charge in [-0.3, -0.25) is 19.6 Å². The summed E-state index contributed by atoms with van der Waals surface area (Å²) in [5, 5.41) is 29.1. The van der Waals surface area contributed by atoms with Crippen LogP contribution < -0.4 is 10.2 Å². The van der Waals surface area contributed by atoms with E-state index >= 15 is 0 Å². The van der Waals surface area contributed by atoms with E-state index in [9.17, 15) is 20.0 Å². The van der Waals surface area contributed by atoms with Crippen LogP contribution in [0.25, 0.3) is 0 Å². The Morgan fingerprint density at radius 2 is 2.10 bits per heavy atom. The quantitative estimate of drug-likeness (QED) is 0.307. The number of ether oxygens (including phenoxy) is 1. The van der Waals surface area contributed by atoms with Crippen LogP contribution in [-0.2, 0) is 6.54 Å². The Bertz CT molecular complexity index is 1110. The predicted octanol–water partition coefficient (Wildman–Crippen LogP) is 3.08. The van der Waals surface area contributed by atoms with Crippen LogP contribution >= 0.6 is 15.9 Å². The Morgan fingerprint density at radius 3 is 2.77 bits per heavy atom. The van der Waals surface area contributed by atoms with Gasteiger partial charge in [0.25, 0.3) is 5.91 Å². The first-order chi connectivity index (χ1) is 14.4. The van der Waals surface area contributed by atoms with E-state index in [1.165, 1.54) is 24.2 Å². The monoisotopic (exact) mass is 473 g/mol. The number of hydrazone groups is 1. The van der Waals surface area contributed by atoms with Crippen molar-refractivity contribution >= 4 is 33.7 Å². The maximum atomic E-state index is 12.4. The molecule has 2 aromatic carbocycles. The summed E-state index contributed by atoms with van der Waals surface area (Å²) in [6.45, 7) is 0.252. The lowest BCUT2D eigenvalue weighted by molar-refractivity contribution is -0.385. The molecule has 0 fully saturated rings. The number of benzene rings is 2. The van der Waals surface area contributed by atoms with Gasteiger partial charge in [-0.05, 0) is 29.8 Å². The Hall–Kier alpha value is -3.73. The van der Waals surface area contributed by atoms with Crippen LogP contribution in [0.5, 0.6) is 11.5 Å². The molecule has 0 unspecified atom stereocenters. The zero-order valence-electron chi connectivity index (χ0n) is 15.7. The number of rotatable bonds is 7. The lowest BCUT2D eigenvalue weighted by Gasteiger charge is -2.04. The van der Waals surface area contributed by atoms with Crippen LogP contribution in [0.4, 0.5) is 5.69 Å². The van der Waals surface area contributed by atoms with Gasteiger partial charge < -0.3 is 9.84 Å². The number of carbonyl (C=O) groups is 1. The first-order valence-corrected chi connectivity index (χ1v) is 9.34. The molecule has 0 bridgehead atoms. The largest absolute Gasteiger partial charge is 0.504 e. The fraction of sp³-hybridized carbons (Fsp3) is 0.105. The van der Waals surface area contributed by atoms with Crippen molar-refractivity contribution in [3.8, 4) is 11.5 Å². The number of hydrogen-bond donors (Lipinski definition) is 2. The number of amides is 1. The van der Waals surface area contributed by atoms with E-state index in [0.29, 0.717) is 5.56 Å². The maximum Gasteiger partial charge on any atom is 0.320 e. The summed E-state index contributed by atoms with van der Waals surface area (Å²) in [6, 6.07) is 12.1. The lowest BCUT2D eigenvalue weighted by Crippen LogP contribution is -2.19. The van der Waals surface area contributed by atoms with Crippen LogP contribution in [0.2, 0.25) is 0 Å². The topological polar surface area (TPSA) is 132 Å². The second-order valence-electron chi connectivity index (χ2n) is 6.04. The molecule has 0 spiro atoms. The average Bonchev–Trinajstić information content (AvgIpc) is 3.15. The maximum absolute atomic E-state index is 12.4. The second kappa shape index (κ2) is 9.18. The number of para-hydroxylation sites is 1. The molecule has 2 N–H and O–H groups in total. The van der Waals surface area contributed by atoms with Gasteiger partial charge in [-0.15, -0.1) is 0 Å². The van der Waals surface area contributed by atoms with E-state index in [1.54, 1.807) is 18.2 Å². The van der Waals surface area contributed by atoms with Gasteiger partial charge in [-0.1, -0.05) is 34.1 Å². The number of aromatic hydroxyl groups is 1. The third-order valence-corrected chi connectivity index (χ3v) is 4.56. The highest BCUT2D eigenvalue weighted by Crippen LogP contribution is 2.28. The Labute approximate surface area is 179 Å². The molecule has 0 aliphatic heterocycles. The summed E-state index contributed by atoms with van der Waals surface area (Å²) >= 11 is 3.34. The van der Waals surface area contributed by atoms with Crippen molar-refractivity contribution in [2.24, 2.45) is 5.10 Å². The molecule has 0 saturated heterocycles. The summed E-state index contributed by atoms with van der Waals surface area (Å²) in [4.78, 5) is 23.0. The zero-order chi connectivity index (χ0) is 21.7. The number of nitro groups is 1. The summed E-state index contributed by atoms with van der Waals surface area (Å²) in [5.41, 5.74) is 2.52. The smallest absolute Gasteiger partial charge is 0.320 e. The highest BCUT2D eigenvalue weighted by molar-refractivity contribution is 9.10. The average molecular weight is 474 g/mol. The SMILES string of the molecule is COc1cccc(C=NNC(=O)c2nn(Cc3ccc(Br)cc3)cc2[N+](=O)[O-])c1O. The molecule has 0 atom stereocenters. The van der Waals surface area contributed by atoms with Gasteiger partial charge in [0, 0.05) is 10.0 Å². The van der Waals surface area contributed by atoms with Crippen molar-refractivity contribution in [1.29, 1.82) is 0 Å². The third-order valence-electron chi connectivity index (χ3n) is 4.03. The minimum absolute atomic E-state index is 0.150. The highest BCUT2D eigenvalue weighted by atomic mass is 79.9. The molecule has 0 radical (unpaired) electrons. The first kappa shape index (κ1) is 21.0. The molecule has 0 aliphatic carbocycles. The Balaban J connectivity index is 1.77. The van der Waals surface area contributed by atoms with Gasteiger partial charge in [0.2, 0.25) is 5.69 Å². The lowest BCUT2D eigenvalue weighted by atomic mass is 10.2. The minimum atomic E-state index is -0.852. The van der Waals surface area contributed by atoms with Crippen molar-refractivity contribution in [3.63, 3.8) is 0 Å². The van der Waals surface area contributed by atoms with Crippen molar-refractivity contribution in [2.75, 3.05) is 7.11 Å². The van der Waals surface area contributed by atoms with E-state index in [1.807, 2.05) is 24.3 Å². The highest BCUT2D eigenvalue weighted by Gasteiger charge is 2.25. The predicted molar refractivity (Wildman–Crippen MR) is 112 cm³/mol. The standard InChI is InChI=1S/C19H16BrN5O5/c1-30-16-4-2-3-13(18(16)26)9-21-22-19(27)17-15(25(28)29)11-24(23-17)10-12-5-7-14(20)8-6-12/h2-9,11,26H,10H2,1H3,(H,22,27). The van der Waals surface area contributed by atoms with Gasteiger partial charge in [0.15, 0.2) is 11.5 Å². The van der Waals surface area contributed by atoms with E-state index in [0.717, 1.165) is 10.0 Å². The van der Waals surface area contributed by atoms with Gasteiger partial charge in [0.05, 0.1) is 24.8 Å². The van der Waals surface area contributed by atoms with Crippen LogP contribution in [0.1, 0.15) is 21.6 Å². The first-order valence-electron chi connectivity index (χ1n) is 8.54. The number of halogens is 1. The molecule has 0 saturated carbocycles. The molecule has 1 aromatic heterocycles. The van der Waals surface area contributed by atoms with E-state index in [2.05, 4.69) is 31.6 Å². The van der Waals surface area contributed by atoms with Crippen LogP contribution in [0.15, 0.2) is 58.2 Å². The van der Waals surface area contributed by atoms with Crippen LogP contribution in [0.3, 0.4) is 0 Å². The van der Waals surface area contributed by atoms with Gasteiger partial charge >= 0.3 is 5.69 Å². The minimum Gasteiger partial charge on any atom is -0.504 e. The fourth-order valence-corrected chi connectivity index (χ4v) is 2.85. The molecule has 0 aliphatic rings. The van der Waals surface area contributed by atoms with Crippen molar-refractivity contribution in [1.82, 2.24) is 15.2 Å². The number of nitrogens with one attached hydrogen (secondary N) is 1. The summed E-state index contributed by atoms with van der Waals surface area (Å²) in [5.74, 6) is -0.759. The van der Waals surface area contributed by atoms with Crippen LogP contribution in [-0.4, -0.2) is 39.0 Å². The number of phenols is 1. The summed E-state index contributed by atoms with van der Waals surface area (Å²) < 4.78 is 7.21. The Kier molecular flexibility index (Phi) is 6.42. The molecule has 11 heteroatoms. The molecule has 10 nitrogen and oxygen atoms in total. The van der Waals surface area contributed by atoms with Gasteiger partial charge in [0.1, 0.15) is 6.20 Å². The molecular formula is C19H16BrN5O5. The molecule has 3 rings (SSSR count). The molecular weight excluding hydrogens is 458 g/mol. The molecule has 1 heterocycles. The van der Waals surface area contributed by atoms with E-state index < -0.39 is 16.5 Å². The number of aromatic nitrogens is 2. The molecule has 3 aromatic rings. The number of phenolic OH excluding ortho intramolecular Hbond substituents is 1. The fourth-order valence-electron chi connectivity index (χ4n) is 2.59. The summed E-state index contributed by atoms with van der Waals surface area (Å²) in [7, 11) is 1.40. The van der Waals surface area contributed by atoms with E-state index in [4.69, 9.17) is 4.74 Å². The summed E-state index contributed by atoms with van der Waals surface area (Å²) in [6.07, 6.45) is 2.38. The number of hydrogen-bond acceptors (Lipinski definition) is 7. The number of carbonyl (C=O) groups excluding carboxylic acids is 1. The zero-order valence-corrected chi connectivity index (χ0v) is 17.2. The second-order valence-corrected chi connectivity index (χ2v) is 6.96. The molecule has 154 valence electrons. The normalized spacial score (nSPS) is 10.9. The number of nitrogens with zero attached hydrogens (tertiary/aromatic N) is 4. The van der Waals surface area contributed by atoms with Crippen molar-refractivity contribution in [2.45, 2.75) is 6.54 Å². The van der Waals surface area contributed by atoms with Gasteiger partial charge in [-0.25, -0.2) is 5.43 Å². The third kappa shape index (κ3) is 4.81. The van der Waals surface area contributed by atoms with E-state index in [-0.39, 0.29) is 23.7 Å². The van der Waals surface area contributed by atoms with Gasteiger partial charge in [-0.2, -0.15) is 10.2 Å².